The van der Waals surface area contributed by atoms with Crippen molar-refractivity contribution in [1.29, 1.82) is 0 Å². The van der Waals surface area contributed by atoms with Crippen LogP contribution in [0.15, 0.2) is 59.9 Å². The molecule has 200 valence electrons. The Bertz CT molecular complexity index is 1280. The maximum Gasteiger partial charge on any atom is 0.338 e. The van der Waals surface area contributed by atoms with E-state index in [0.717, 1.165) is 33.9 Å². The number of benzene rings is 2. The molecule has 0 bridgehead atoms. The maximum absolute atomic E-state index is 13.5. The number of fused-ring (bicyclic) bond motifs is 2. The summed E-state index contributed by atoms with van der Waals surface area (Å²) in [6, 6.07) is 11.0. The van der Waals surface area contributed by atoms with Crippen molar-refractivity contribution in [1.82, 2.24) is 0 Å². The van der Waals surface area contributed by atoms with Gasteiger partial charge in [0.2, 0.25) is 0 Å². The first kappa shape index (κ1) is 27.2. The van der Waals surface area contributed by atoms with Gasteiger partial charge in [-0.2, -0.15) is 0 Å². The molecule has 0 amide bonds. The Hall–Kier alpha value is -3.87. The van der Waals surface area contributed by atoms with E-state index in [4.69, 9.17) is 9.47 Å². The Morgan fingerprint density at radius 3 is 1.42 bits per heavy atom. The first-order valence-electron chi connectivity index (χ1n) is 12.9. The molecule has 2 aromatic rings. The summed E-state index contributed by atoms with van der Waals surface area (Å²) in [4.78, 5) is 42.1. The highest BCUT2D eigenvalue weighted by atomic mass is 16.5. The molecule has 0 unspecified atom stereocenters. The molecule has 2 aromatic carbocycles. The van der Waals surface area contributed by atoms with E-state index in [0.29, 0.717) is 24.3 Å². The van der Waals surface area contributed by atoms with Crippen LogP contribution in [0.2, 0.25) is 0 Å². The number of carbonyl (C=O) groups is 3. The molecule has 7 heteroatoms. The third kappa shape index (κ3) is 4.40. The third-order valence-electron chi connectivity index (χ3n) is 7.65. The molecule has 0 saturated carbocycles. The van der Waals surface area contributed by atoms with Crippen LogP contribution < -0.4 is 9.80 Å². The van der Waals surface area contributed by atoms with Gasteiger partial charge in [-0.1, -0.05) is 27.7 Å². The number of rotatable bonds is 6. The van der Waals surface area contributed by atoms with Crippen LogP contribution in [0.1, 0.15) is 73.4 Å². The molecule has 0 radical (unpaired) electrons. The summed E-state index contributed by atoms with van der Waals surface area (Å²) in [5, 5.41) is 0. The number of likely N-dealkylation sites (N-methyl/N-ethyl adjacent to an activating group) is 2. The van der Waals surface area contributed by atoms with Crippen LogP contribution >= 0.6 is 0 Å². The zero-order chi connectivity index (χ0) is 28.0. The van der Waals surface area contributed by atoms with Crippen molar-refractivity contribution in [3.8, 4) is 0 Å². The van der Waals surface area contributed by atoms with Gasteiger partial charge < -0.3 is 19.3 Å². The second-order valence-corrected chi connectivity index (χ2v) is 10.7. The average molecular weight is 517 g/mol. The van der Waals surface area contributed by atoms with E-state index in [1.165, 1.54) is 0 Å². The smallest absolute Gasteiger partial charge is 0.338 e. The van der Waals surface area contributed by atoms with E-state index in [2.05, 4.69) is 27.7 Å². The van der Waals surface area contributed by atoms with Crippen molar-refractivity contribution in [2.75, 3.05) is 37.1 Å². The second kappa shape index (κ2) is 9.78. The normalized spacial score (nSPS) is 18.9. The van der Waals surface area contributed by atoms with E-state index in [-0.39, 0.29) is 17.7 Å². The highest BCUT2D eigenvalue weighted by Crippen LogP contribution is 2.49. The van der Waals surface area contributed by atoms with Gasteiger partial charge in [0.15, 0.2) is 5.78 Å². The van der Waals surface area contributed by atoms with E-state index in [9.17, 15) is 14.4 Å². The molecule has 0 spiro atoms. The topological polar surface area (TPSA) is 76.2 Å². The lowest BCUT2D eigenvalue weighted by Crippen LogP contribution is -2.25. The molecule has 0 aliphatic carbocycles. The minimum atomic E-state index is -0.491. The van der Waals surface area contributed by atoms with Crippen LogP contribution in [0.3, 0.4) is 0 Å². The lowest BCUT2D eigenvalue weighted by atomic mass is 9.81. The monoisotopic (exact) mass is 516 g/mol. The average Bonchev–Trinajstić information content (AvgIpc) is 3.18. The summed E-state index contributed by atoms with van der Waals surface area (Å²) < 4.78 is 10.4. The van der Waals surface area contributed by atoms with Gasteiger partial charge in [0.1, 0.15) is 0 Å². The van der Waals surface area contributed by atoms with Gasteiger partial charge >= 0.3 is 11.9 Å². The van der Waals surface area contributed by atoms with Crippen LogP contribution in [-0.2, 0) is 25.1 Å². The summed E-state index contributed by atoms with van der Waals surface area (Å²) in [5.41, 5.74) is 5.53. The Morgan fingerprint density at radius 2 is 1.08 bits per heavy atom. The van der Waals surface area contributed by atoms with Crippen molar-refractivity contribution in [2.24, 2.45) is 0 Å². The number of anilines is 2. The minimum absolute atomic E-state index is 0.133. The standard InChI is InChI=1S/C31H36N2O5/c1-9-37-28(35)19-11-13-24-22(15-19)30(3,4)26(32(24)7)17-21(34)18-27-31(5,6)23-16-20(29(36)38-10-2)12-14-25(23)33(27)8/h11-18H,9-10H2,1-8H3. The second-order valence-electron chi connectivity index (χ2n) is 10.7. The molecule has 0 aromatic heterocycles. The summed E-state index contributed by atoms with van der Waals surface area (Å²) in [7, 11) is 3.87. The molecule has 0 fully saturated rings. The summed E-state index contributed by atoms with van der Waals surface area (Å²) in [6.07, 6.45) is 3.35. The lowest BCUT2D eigenvalue weighted by molar-refractivity contribution is -0.110. The predicted octanol–water partition coefficient (Wildman–Crippen LogP) is 5.53. The first-order chi connectivity index (χ1) is 17.8. The molecule has 2 aliphatic rings. The van der Waals surface area contributed by atoms with Crippen LogP contribution in [0, 0.1) is 0 Å². The molecule has 7 nitrogen and oxygen atoms in total. The van der Waals surface area contributed by atoms with Gasteiger partial charge in [-0.25, -0.2) is 9.59 Å². The van der Waals surface area contributed by atoms with Crippen molar-refractivity contribution in [3.63, 3.8) is 0 Å². The summed E-state index contributed by atoms with van der Waals surface area (Å²) in [6.45, 7) is 12.4. The molecule has 0 atom stereocenters. The Labute approximate surface area is 224 Å². The molecular weight excluding hydrogens is 480 g/mol. The predicted molar refractivity (Wildman–Crippen MR) is 149 cm³/mol. The SMILES string of the molecule is CCOC(=O)c1ccc2c(c1)C(C)(C)C(=CC(=O)C=C1N(C)c3ccc(C(=O)OCC)cc3C1(C)C)N2C. The fourth-order valence-corrected chi connectivity index (χ4v) is 5.58. The van der Waals surface area contributed by atoms with Crippen LogP contribution in [0.25, 0.3) is 0 Å². The Morgan fingerprint density at radius 1 is 0.711 bits per heavy atom. The van der Waals surface area contributed by atoms with Gasteiger partial charge in [0.05, 0.1) is 24.3 Å². The maximum atomic E-state index is 13.5. The van der Waals surface area contributed by atoms with Crippen molar-refractivity contribution in [2.45, 2.75) is 52.4 Å². The van der Waals surface area contributed by atoms with E-state index >= 15 is 0 Å². The highest BCUT2D eigenvalue weighted by Gasteiger charge is 2.41. The number of hydrogen-bond donors (Lipinski definition) is 0. The zero-order valence-corrected chi connectivity index (χ0v) is 23.5. The van der Waals surface area contributed by atoms with Gasteiger partial charge in [-0.05, 0) is 61.4 Å². The van der Waals surface area contributed by atoms with Crippen molar-refractivity contribution in [3.05, 3.63) is 82.2 Å². The van der Waals surface area contributed by atoms with Gasteiger partial charge in [-0.3, -0.25) is 4.79 Å². The number of allylic oxidation sites excluding steroid dienone is 4. The van der Waals surface area contributed by atoms with E-state index in [1.54, 1.807) is 38.1 Å². The number of ketones is 1. The Balaban J connectivity index is 1.67. The van der Waals surface area contributed by atoms with Crippen molar-refractivity contribution < 1.29 is 23.9 Å². The number of carbonyl (C=O) groups excluding carboxylic acids is 3. The van der Waals surface area contributed by atoms with E-state index < -0.39 is 10.8 Å². The number of nitrogens with zero attached hydrogens (tertiary/aromatic N) is 2. The Kier molecular flexibility index (Phi) is 6.99. The number of hydrogen-bond acceptors (Lipinski definition) is 7. The molecule has 2 aliphatic heterocycles. The molecule has 4 rings (SSSR count). The van der Waals surface area contributed by atoms with Crippen LogP contribution in [0.5, 0.6) is 0 Å². The first-order valence-corrected chi connectivity index (χ1v) is 12.9. The van der Waals surface area contributed by atoms with Crippen molar-refractivity contribution >= 4 is 29.1 Å². The quantitative estimate of drug-likeness (QED) is 0.369. The fraction of sp³-hybridized carbons (Fsp3) is 0.387. The van der Waals surface area contributed by atoms with Gasteiger partial charge in [-0.15, -0.1) is 0 Å². The minimum Gasteiger partial charge on any atom is -0.462 e. The van der Waals surface area contributed by atoms with E-state index in [1.807, 2.05) is 48.2 Å². The lowest BCUT2D eigenvalue weighted by Gasteiger charge is -2.25. The largest absolute Gasteiger partial charge is 0.462 e. The van der Waals surface area contributed by atoms with Crippen LogP contribution in [0.4, 0.5) is 11.4 Å². The summed E-state index contributed by atoms with van der Waals surface area (Å²) >= 11 is 0. The number of esters is 2. The van der Waals surface area contributed by atoms with Gasteiger partial charge in [0, 0.05) is 59.8 Å². The molecule has 2 heterocycles. The zero-order valence-electron chi connectivity index (χ0n) is 23.5. The molecule has 38 heavy (non-hydrogen) atoms. The van der Waals surface area contributed by atoms with Crippen LogP contribution in [-0.4, -0.2) is 45.0 Å². The molecule has 0 N–H and O–H groups in total. The molecule has 0 saturated heterocycles. The summed E-state index contributed by atoms with van der Waals surface area (Å²) in [5.74, 6) is -0.847. The van der Waals surface area contributed by atoms with Gasteiger partial charge in [0.25, 0.3) is 0 Å². The highest BCUT2D eigenvalue weighted by molar-refractivity contribution is 6.03. The third-order valence-corrected chi connectivity index (χ3v) is 7.65. The fourth-order valence-electron chi connectivity index (χ4n) is 5.58. The molecular formula is C31H36N2O5. The number of ether oxygens (including phenoxy) is 2.